The van der Waals surface area contributed by atoms with Crippen LogP contribution in [0.1, 0.15) is 0 Å². The van der Waals surface area contributed by atoms with Gasteiger partial charge in [-0.1, -0.05) is 164 Å². The lowest BCUT2D eigenvalue weighted by Crippen LogP contribution is -2.11. The highest BCUT2D eigenvalue weighted by Gasteiger charge is 2.20. The second kappa shape index (κ2) is 12.7. The molecule has 1 aromatic heterocycles. The van der Waals surface area contributed by atoms with Crippen molar-refractivity contribution in [1.82, 2.24) is 0 Å². The largest absolute Gasteiger partial charge is 0.310 e. The van der Waals surface area contributed by atoms with E-state index in [9.17, 15) is 0 Å². The van der Waals surface area contributed by atoms with Gasteiger partial charge in [0, 0.05) is 37.1 Å². The van der Waals surface area contributed by atoms with Crippen LogP contribution in [-0.4, -0.2) is 0 Å². The maximum absolute atomic E-state index is 2.43. The molecule has 0 radical (unpaired) electrons. The van der Waals surface area contributed by atoms with Gasteiger partial charge in [-0.15, -0.1) is 11.3 Å². The smallest absolute Gasteiger partial charge is 0.0540 e. The van der Waals surface area contributed by atoms with Crippen molar-refractivity contribution in [3.63, 3.8) is 0 Å². The van der Waals surface area contributed by atoms with Crippen molar-refractivity contribution in [2.24, 2.45) is 0 Å². The number of benzene rings is 9. The Bertz CT molecular complexity index is 2910. The van der Waals surface area contributed by atoms with E-state index in [-0.39, 0.29) is 0 Å². The lowest BCUT2D eigenvalue weighted by atomic mass is 9.95. The van der Waals surface area contributed by atoms with Crippen molar-refractivity contribution in [1.29, 1.82) is 0 Å². The molecule has 244 valence electrons. The van der Waals surface area contributed by atoms with E-state index in [0.29, 0.717) is 0 Å². The summed E-state index contributed by atoms with van der Waals surface area (Å²) in [5.41, 5.74) is 10.7. The van der Waals surface area contributed by atoms with E-state index in [2.05, 4.69) is 205 Å². The summed E-state index contributed by atoms with van der Waals surface area (Å²) in [6, 6.07) is 72.9. The Labute approximate surface area is 307 Å². The molecule has 52 heavy (non-hydrogen) atoms. The molecule has 0 saturated carbocycles. The Morgan fingerprint density at radius 2 is 0.885 bits per heavy atom. The highest BCUT2D eigenvalue weighted by Crippen LogP contribution is 2.45. The maximum atomic E-state index is 2.43. The topological polar surface area (TPSA) is 3.24 Å². The third-order valence-electron chi connectivity index (χ3n) is 10.3. The number of nitrogens with zero attached hydrogens (tertiary/aromatic N) is 1. The van der Waals surface area contributed by atoms with Gasteiger partial charge in [0.1, 0.15) is 0 Å². The minimum absolute atomic E-state index is 1.11. The van der Waals surface area contributed by atoms with Gasteiger partial charge in [-0.3, -0.25) is 0 Å². The summed E-state index contributed by atoms with van der Waals surface area (Å²) < 4.78 is 2.65. The van der Waals surface area contributed by atoms with Crippen LogP contribution in [0.3, 0.4) is 0 Å². The number of anilines is 3. The first-order valence-corrected chi connectivity index (χ1v) is 18.6. The van der Waals surface area contributed by atoms with E-state index in [1.807, 2.05) is 11.3 Å². The molecule has 0 N–H and O–H groups in total. The van der Waals surface area contributed by atoms with Gasteiger partial charge in [0.25, 0.3) is 0 Å². The van der Waals surface area contributed by atoms with Gasteiger partial charge in [-0.05, 0) is 85.8 Å². The molecule has 0 aliphatic heterocycles. The maximum Gasteiger partial charge on any atom is 0.0540 e. The molecule has 1 heterocycles. The zero-order valence-electron chi connectivity index (χ0n) is 28.4. The molecule has 0 aliphatic rings. The quantitative estimate of drug-likeness (QED) is 0.169. The zero-order chi connectivity index (χ0) is 34.4. The molecule has 0 saturated heterocycles. The molecule has 9 aromatic carbocycles. The number of rotatable bonds is 6. The van der Waals surface area contributed by atoms with E-state index < -0.39 is 0 Å². The van der Waals surface area contributed by atoms with Crippen LogP contribution in [0.4, 0.5) is 17.1 Å². The lowest BCUT2D eigenvalue weighted by molar-refractivity contribution is 1.28. The van der Waals surface area contributed by atoms with Crippen molar-refractivity contribution >= 4 is 70.1 Å². The molecule has 2 heteroatoms. The number of fused-ring (bicyclic) bond motifs is 5. The Hall–Kier alpha value is -6.48. The van der Waals surface area contributed by atoms with E-state index in [1.165, 1.54) is 75.1 Å². The second-order valence-corrected chi connectivity index (χ2v) is 14.3. The fraction of sp³-hybridized carbons (Fsp3) is 0. The highest BCUT2D eigenvalue weighted by atomic mass is 32.1. The van der Waals surface area contributed by atoms with Crippen LogP contribution in [0.2, 0.25) is 0 Å². The average molecular weight is 680 g/mol. The molecule has 0 bridgehead atoms. The van der Waals surface area contributed by atoms with Crippen LogP contribution < -0.4 is 4.90 Å². The van der Waals surface area contributed by atoms with E-state index in [1.54, 1.807) is 0 Å². The molecule has 0 fully saturated rings. The minimum atomic E-state index is 1.11. The first-order chi connectivity index (χ1) is 25.8. The van der Waals surface area contributed by atoms with E-state index in [0.717, 1.165) is 17.1 Å². The van der Waals surface area contributed by atoms with Crippen LogP contribution in [-0.2, 0) is 0 Å². The molecule has 10 rings (SSSR count). The van der Waals surface area contributed by atoms with Crippen LogP contribution in [0.25, 0.3) is 75.1 Å². The van der Waals surface area contributed by atoms with Gasteiger partial charge in [0.05, 0.1) is 5.69 Å². The molecule has 1 nitrogen and oxygen atoms in total. The minimum Gasteiger partial charge on any atom is -0.310 e. The summed E-state index contributed by atoms with van der Waals surface area (Å²) in [6.07, 6.45) is 0. The predicted octanol–water partition coefficient (Wildman–Crippen LogP) is 14.8. The van der Waals surface area contributed by atoms with E-state index >= 15 is 0 Å². The molecule has 0 amide bonds. The molecule has 10 aromatic rings. The number of para-hydroxylation sites is 1. The van der Waals surface area contributed by atoms with Crippen LogP contribution >= 0.6 is 11.3 Å². The fourth-order valence-corrected chi connectivity index (χ4v) is 9.08. The van der Waals surface area contributed by atoms with Gasteiger partial charge < -0.3 is 4.90 Å². The Morgan fingerprint density at radius 3 is 1.69 bits per heavy atom. The number of hydrogen-bond acceptors (Lipinski definition) is 2. The van der Waals surface area contributed by atoms with Gasteiger partial charge in [0.15, 0.2) is 0 Å². The third kappa shape index (κ3) is 5.16. The Kier molecular flexibility index (Phi) is 7.41. The monoisotopic (exact) mass is 679 g/mol. The summed E-state index contributed by atoms with van der Waals surface area (Å²) in [6.45, 7) is 0. The van der Waals surface area contributed by atoms with Crippen molar-refractivity contribution in [3.05, 3.63) is 200 Å². The number of hydrogen-bond donors (Lipinski definition) is 0. The molecule has 0 atom stereocenters. The summed E-state index contributed by atoms with van der Waals surface area (Å²) in [4.78, 5) is 2.43. The molecule has 0 unspecified atom stereocenters. The van der Waals surface area contributed by atoms with Crippen molar-refractivity contribution in [3.8, 4) is 33.4 Å². The molecule has 0 spiro atoms. The van der Waals surface area contributed by atoms with Crippen molar-refractivity contribution in [2.45, 2.75) is 0 Å². The van der Waals surface area contributed by atoms with Crippen molar-refractivity contribution < 1.29 is 0 Å². The summed E-state index contributed by atoms with van der Waals surface area (Å²) in [5, 5.41) is 7.62. The summed E-state index contributed by atoms with van der Waals surface area (Å²) >= 11 is 1.88. The SMILES string of the molecule is c1cc(-c2cccc3ccccc23)cc(N(c2ccc(-c3cccc4c3sc3ccccc34)cc2)c2ccccc2-c2cccc3ccccc23)c1. The first kappa shape index (κ1) is 30.4. The molecule has 0 aliphatic carbocycles. The normalized spacial score (nSPS) is 11.5. The van der Waals surface area contributed by atoms with Gasteiger partial charge in [-0.2, -0.15) is 0 Å². The lowest BCUT2D eigenvalue weighted by Gasteiger charge is -2.29. The van der Waals surface area contributed by atoms with Gasteiger partial charge in [-0.25, -0.2) is 0 Å². The second-order valence-electron chi connectivity index (χ2n) is 13.3. The Balaban J connectivity index is 1.16. The van der Waals surface area contributed by atoms with E-state index in [4.69, 9.17) is 0 Å². The van der Waals surface area contributed by atoms with Crippen LogP contribution in [0.5, 0.6) is 0 Å². The zero-order valence-corrected chi connectivity index (χ0v) is 29.2. The highest BCUT2D eigenvalue weighted by molar-refractivity contribution is 7.26. The van der Waals surface area contributed by atoms with Gasteiger partial charge >= 0.3 is 0 Å². The summed E-state index contributed by atoms with van der Waals surface area (Å²) in [5.74, 6) is 0. The molecular weight excluding hydrogens is 647 g/mol. The standard InChI is InChI=1S/C50H33NS/c1-3-19-40-34(13-1)15-10-23-42(40)37-17-9-18-39(33-37)51(48-27-7-5-21-45(48)44-25-11-16-35-14-2-4-20-41(35)44)38-31-29-36(30-32-38)43-24-12-26-47-46-22-6-8-28-49(46)52-50(43)47/h1-33H. The average Bonchev–Trinajstić information content (AvgIpc) is 3.60. The summed E-state index contributed by atoms with van der Waals surface area (Å²) in [7, 11) is 0. The van der Waals surface area contributed by atoms with Crippen molar-refractivity contribution in [2.75, 3.05) is 4.90 Å². The molecular formula is C50H33NS. The first-order valence-electron chi connectivity index (χ1n) is 17.8. The fourth-order valence-electron chi connectivity index (χ4n) is 7.84. The Morgan fingerprint density at radius 1 is 0.327 bits per heavy atom. The van der Waals surface area contributed by atoms with Crippen LogP contribution in [0.15, 0.2) is 200 Å². The van der Waals surface area contributed by atoms with Gasteiger partial charge in [0.2, 0.25) is 0 Å². The number of thiophene rings is 1. The third-order valence-corrected chi connectivity index (χ3v) is 11.5. The predicted molar refractivity (Wildman–Crippen MR) is 225 cm³/mol. The van der Waals surface area contributed by atoms with Crippen LogP contribution in [0, 0.1) is 0 Å².